The molecule has 0 unspecified atom stereocenters. The Labute approximate surface area is 178 Å². The van der Waals surface area contributed by atoms with E-state index in [0.717, 1.165) is 22.3 Å². The largest absolute Gasteiger partial charge is 0.465 e. The molecule has 0 radical (unpaired) electrons. The molecule has 3 aromatic carbocycles. The van der Waals surface area contributed by atoms with Crippen LogP contribution in [0, 0.1) is 6.92 Å². The number of aryl methyl sites for hydroxylation is 1. The Morgan fingerprint density at radius 2 is 1.93 bits per heavy atom. The van der Waals surface area contributed by atoms with Gasteiger partial charge in [-0.2, -0.15) is 0 Å². The SMILES string of the molecule is COC(=O)c1cc(-c2ccc(C)cc2Cl)cc2ncn(Cc3cccc(Cl)c3)c12. The second-order valence-corrected chi connectivity index (χ2v) is 7.71. The van der Waals surface area contributed by atoms with Crippen LogP contribution in [0.25, 0.3) is 22.2 Å². The van der Waals surface area contributed by atoms with Crippen LogP contribution in [-0.2, 0) is 11.3 Å². The van der Waals surface area contributed by atoms with Gasteiger partial charge in [0.15, 0.2) is 0 Å². The molecule has 4 nitrogen and oxygen atoms in total. The Hall–Kier alpha value is -2.82. The number of hydrogen-bond donors (Lipinski definition) is 0. The van der Waals surface area contributed by atoms with Gasteiger partial charge >= 0.3 is 5.97 Å². The summed E-state index contributed by atoms with van der Waals surface area (Å²) in [6.45, 7) is 2.52. The molecule has 1 aromatic heterocycles. The molecule has 0 saturated heterocycles. The smallest absolute Gasteiger partial charge is 0.340 e. The van der Waals surface area contributed by atoms with E-state index in [-0.39, 0.29) is 0 Å². The van der Waals surface area contributed by atoms with E-state index in [2.05, 4.69) is 4.98 Å². The number of methoxy groups -OCH3 is 1. The molecule has 0 bridgehead atoms. The highest BCUT2D eigenvalue weighted by Crippen LogP contribution is 2.33. The quantitative estimate of drug-likeness (QED) is 0.368. The van der Waals surface area contributed by atoms with Crippen molar-refractivity contribution in [2.24, 2.45) is 0 Å². The highest BCUT2D eigenvalue weighted by Gasteiger charge is 2.18. The topological polar surface area (TPSA) is 44.1 Å². The zero-order valence-electron chi connectivity index (χ0n) is 15.9. The van der Waals surface area contributed by atoms with Crippen molar-refractivity contribution in [3.05, 3.63) is 87.7 Å². The third-order valence-corrected chi connectivity index (χ3v) is 5.34. The van der Waals surface area contributed by atoms with E-state index >= 15 is 0 Å². The summed E-state index contributed by atoms with van der Waals surface area (Å²) in [5.74, 6) is -0.423. The molecule has 4 aromatic rings. The second kappa shape index (κ2) is 7.90. The lowest BCUT2D eigenvalue weighted by Gasteiger charge is -2.11. The summed E-state index contributed by atoms with van der Waals surface area (Å²) in [5.41, 5.74) is 5.59. The summed E-state index contributed by atoms with van der Waals surface area (Å²) < 4.78 is 6.97. The highest BCUT2D eigenvalue weighted by molar-refractivity contribution is 6.33. The Bertz CT molecular complexity index is 1230. The van der Waals surface area contributed by atoms with Crippen LogP contribution >= 0.6 is 23.2 Å². The number of carbonyl (C=O) groups is 1. The molecular weight excluding hydrogens is 407 g/mol. The van der Waals surface area contributed by atoms with Crippen molar-refractivity contribution in [2.75, 3.05) is 7.11 Å². The third kappa shape index (κ3) is 3.86. The van der Waals surface area contributed by atoms with Gasteiger partial charge < -0.3 is 9.30 Å². The van der Waals surface area contributed by atoms with Gasteiger partial charge in [0, 0.05) is 22.2 Å². The first kappa shape index (κ1) is 19.5. The van der Waals surface area contributed by atoms with Gasteiger partial charge in [0.2, 0.25) is 0 Å². The number of carbonyl (C=O) groups excluding carboxylic acids is 1. The van der Waals surface area contributed by atoms with Crippen molar-refractivity contribution in [1.29, 1.82) is 0 Å². The molecule has 0 fully saturated rings. The second-order valence-electron chi connectivity index (χ2n) is 6.87. The fraction of sp³-hybridized carbons (Fsp3) is 0.130. The summed E-state index contributed by atoms with van der Waals surface area (Å²) in [7, 11) is 1.37. The van der Waals surface area contributed by atoms with Crippen molar-refractivity contribution in [3.63, 3.8) is 0 Å². The standard InChI is InChI=1S/C23H18Cl2N2O2/c1-14-6-7-18(20(25)8-14)16-10-19(23(28)29-2)22-21(11-16)26-13-27(22)12-15-4-3-5-17(24)9-15/h3-11,13H,12H2,1-2H3. The van der Waals surface area contributed by atoms with E-state index in [1.807, 2.05) is 60.0 Å². The van der Waals surface area contributed by atoms with Crippen molar-refractivity contribution < 1.29 is 9.53 Å². The van der Waals surface area contributed by atoms with Crippen molar-refractivity contribution in [1.82, 2.24) is 9.55 Å². The number of nitrogens with zero attached hydrogens (tertiary/aromatic N) is 2. The summed E-state index contributed by atoms with van der Waals surface area (Å²) in [5, 5.41) is 1.29. The van der Waals surface area contributed by atoms with Gasteiger partial charge in [0.05, 0.1) is 30.0 Å². The van der Waals surface area contributed by atoms with Gasteiger partial charge in [-0.3, -0.25) is 0 Å². The predicted octanol–water partition coefficient (Wildman–Crippen LogP) is 6.15. The van der Waals surface area contributed by atoms with Gasteiger partial charge in [-0.1, -0.05) is 47.5 Å². The van der Waals surface area contributed by atoms with Crippen LogP contribution in [0.15, 0.2) is 60.9 Å². The number of benzene rings is 3. The maximum atomic E-state index is 12.6. The molecule has 0 aliphatic carbocycles. The molecule has 1 heterocycles. The van der Waals surface area contributed by atoms with Gasteiger partial charge in [0.25, 0.3) is 0 Å². The first-order valence-corrected chi connectivity index (χ1v) is 9.80. The number of imidazole rings is 1. The van der Waals surface area contributed by atoms with Crippen molar-refractivity contribution in [2.45, 2.75) is 13.5 Å². The lowest BCUT2D eigenvalue weighted by molar-refractivity contribution is 0.0602. The molecule has 0 amide bonds. The van der Waals surface area contributed by atoms with Crippen LogP contribution in [0.5, 0.6) is 0 Å². The lowest BCUT2D eigenvalue weighted by atomic mass is 10.0. The third-order valence-electron chi connectivity index (χ3n) is 4.80. The molecular formula is C23H18Cl2N2O2. The van der Waals surface area contributed by atoms with Crippen molar-refractivity contribution in [3.8, 4) is 11.1 Å². The average Bonchev–Trinajstić information content (AvgIpc) is 3.09. The monoisotopic (exact) mass is 424 g/mol. The summed E-state index contributed by atoms with van der Waals surface area (Å²) >= 11 is 12.6. The number of hydrogen-bond acceptors (Lipinski definition) is 3. The molecule has 4 rings (SSSR count). The van der Waals surface area contributed by atoms with Crippen LogP contribution in [0.4, 0.5) is 0 Å². The van der Waals surface area contributed by atoms with Crippen LogP contribution in [0.3, 0.4) is 0 Å². The first-order chi connectivity index (χ1) is 14.0. The van der Waals surface area contributed by atoms with E-state index in [1.165, 1.54) is 7.11 Å². The molecule has 146 valence electrons. The zero-order valence-corrected chi connectivity index (χ0v) is 17.5. The van der Waals surface area contributed by atoms with Crippen molar-refractivity contribution >= 4 is 40.2 Å². The number of esters is 1. The highest BCUT2D eigenvalue weighted by atomic mass is 35.5. The number of halogens is 2. The minimum atomic E-state index is -0.423. The molecule has 29 heavy (non-hydrogen) atoms. The Kier molecular flexibility index (Phi) is 5.31. The molecule has 6 heteroatoms. The van der Waals surface area contributed by atoms with Crippen LogP contribution < -0.4 is 0 Å². The normalized spacial score (nSPS) is 11.0. The molecule has 0 spiro atoms. The summed E-state index contributed by atoms with van der Waals surface area (Å²) in [6.07, 6.45) is 1.72. The fourth-order valence-corrected chi connectivity index (χ4v) is 3.99. The van der Waals surface area contributed by atoms with Crippen LogP contribution in [-0.4, -0.2) is 22.6 Å². The van der Waals surface area contributed by atoms with Gasteiger partial charge in [-0.15, -0.1) is 0 Å². The maximum Gasteiger partial charge on any atom is 0.340 e. The number of aromatic nitrogens is 2. The minimum Gasteiger partial charge on any atom is -0.465 e. The van der Waals surface area contributed by atoms with Crippen LogP contribution in [0.1, 0.15) is 21.5 Å². The Morgan fingerprint density at radius 1 is 1.10 bits per heavy atom. The number of rotatable bonds is 4. The molecule has 0 aliphatic rings. The average molecular weight is 425 g/mol. The fourth-order valence-electron chi connectivity index (χ4n) is 3.44. The number of ether oxygens (including phenoxy) is 1. The van der Waals surface area contributed by atoms with E-state index in [4.69, 9.17) is 27.9 Å². The summed E-state index contributed by atoms with van der Waals surface area (Å²) in [4.78, 5) is 17.1. The Morgan fingerprint density at radius 3 is 2.66 bits per heavy atom. The van der Waals surface area contributed by atoms with E-state index in [9.17, 15) is 4.79 Å². The van der Waals surface area contributed by atoms with Gasteiger partial charge in [-0.05, 0) is 53.9 Å². The molecule has 0 saturated carbocycles. The van der Waals surface area contributed by atoms with Gasteiger partial charge in [0.1, 0.15) is 0 Å². The predicted molar refractivity (Wildman–Crippen MR) is 117 cm³/mol. The molecule has 0 N–H and O–H groups in total. The van der Waals surface area contributed by atoms with E-state index < -0.39 is 5.97 Å². The lowest BCUT2D eigenvalue weighted by Crippen LogP contribution is -2.07. The van der Waals surface area contributed by atoms with Gasteiger partial charge in [-0.25, -0.2) is 9.78 Å². The molecule has 0 atom stereocenters. The maximum absolute atomic E-state index is 12.6. The molecule has 0 aliphatic heterocycles. The zero-order chi connectivity index (χ0) is 20.5. The van der Waals surface area contributed by atoms with Crippen LogP contribution in [0.2, 0.25) is 10.0 Å². The van der Waals surface area contributed by atoms with E-state index in [0.29, 0.717) is 33.2 Å². The first-order valence-electron chi connectivity index (χ1n) is 9.04. The Balaban J connectivity index is 1.88. The summed E-state index contributed by atoms with van der Waals surface area (Å²) in [6, 6.07) is 17.2. The van der Waals surface area contributed by atoms with E-state index in [1.54, 1.807) is 12.4 Å². The number of fused-ring (bicyclic) bond motifs is 1. The minimum absolute atomic E-state index is 0.423.